The van der Waals surface area contributed by atoms with Gasteiger partial charge < -0.3 is 11.1 Å². The Morgan fingerprint density at radius 3 is 2.32 bits per heavy atom. The van der Waals surface area contributed by atoms with Gasteiger partial charge in [-0.2, -0.15) is 0 Å². The number of nitrogens with zero attached hydrogens (tertiary/aromatic N) is 1. The van der Waals surface area contributed by atoms with E-state index in [4.69, 9.17) is 40.5 Å². The highest BCUT2D eigenvalue weighted by Crippen LogP contribution is 2.23. The predicted octanol–water partition coefficient (Wildman–Crippen LogP) is 3.88. The zero-order chi connectivity index (χ0) is 14.0. The summed E-state index contributed by atoms with van der Waals surface area (Å²) in [5, 5.41) is 3.71. The number of pyridine rings is 1. The number of carbonyl (C=O) groups excluding carboxylic acids is 1. The van der Waals surface area contributed by atoms with Crippen LogP contribution in [0.15, 0.2) is 30.5 Å². The second-order valence-electron chi connectivity index (χ2n) is 3.70. The molecular formula is C12H8Cl3N3O. The first-order valence-electron chi connectivity index (χ1n) is 5.14. The molecule has 1 aromatic carbocycles. The van der Waals surface area contributed by atoms with Crippen molar-refractivity contribution >= 4 is 52.2 Å². The molecule has 2 rings (SSSR count). The maximum absolute atomic E-state index is 12.0. The van der Waals surface area contributed by atoms with Gasteiger partial charge in [0.1, 0.15) is 5.82 Å². The minimum atomic E-state index is -0.382. The minimum absolute atomic E-state index is 0.170. The normalized spacial score (nSPS) is 10.3. The van der Waals surface area contributed by atoms with Crippen LogP contribution in [-0.4, -0.2) is 10.9 Å². The van der Waals surface area contributed by atoms with Crippen LogP contribution in [0.25, 0.3) is 0 Å². The van der Waals surface area contributed by atoms with Gasteiger partial charge in [-0.15, -0.1) is 0 Å². The largest absolute Gasteiger partial charge is 0.382 e. The Balaban J connectivity index is 2.22. The van der Waals surface area contributed by atoms with Crippen molar-refractivity contribution in [3.05, 3.63) is 51.1 Å². The summed E-state index contributed by atoms with van der Waals surface area (Å²) in [6.07, 6.45) is 1.34. The third-order valence-corrected chi connectivity index (χ3v) is 2.99. The van der Waals surface area contributed by atoms with E-state index in [1.807, 2.05) is 0 Å². The molecule has 0 unspecified atom stereocenters. The van der Waals surface area contributed by atoms with Gasteiger partial charge >= 0.3 is 0 Å². The molecule has 0 fully saturated rings. The highest BCUT2D eigenvalue weighted by Gasteiger charge is 2.09. The molecule has 0 aliphatic carbocycles. The monoisotopic (exact) mass is 315 g/mol. The van der Waals surface area contributed by atoms with Gasteiger partial charge in [0, 0.05) is 21.9 Å². The molecule has 0 radical (unpaired) electrons. The Morgan fingerprint density at radius 1 is 1.11 bits per heavy atom. The molecule has 0 aliphatic heterocycles. The molecular weight excluding hydrogens is 309 g/mol. The van der Waals surface area contributed by atoms with Gasteiger partial charge in [0.15, 0.2) is 0 Å². The number of aromatic nitrogens is 1. The number of nitrogens with two attached hydrogens (primary N) is 1. The molecule has 0 atom stereocenters. The average Bonchev–Trinajstić information content (AvgIpc) is 2.31. The van der Waals surface area contributed by atoms with Crippen LogP contribution < -0.4 is 11.1 Å². The number of nitrogen functional groups attached to an aromatic ring is 1. The van der Waals surface area contributed by atoms with Crippen molar-refractivity contribution in [3.63, 3.8) is 0 Å². The van der Waals surface area contributed by atoms with Crippen LogP contribution in [0.2, 0.25) is 15.1 Å². The van der Waals surface area contributed by atoms with Crippen molar-refractivity contribution in [2.75, 3.05) is 11.1 Å². The lowest BCUT2D eigenvalue weighted by molar-refractivity contribution is 0.102. The first-order chi connectivity index (χ1) is 8.95. The van der Waals surface area contributed by atoms with E-state index in [-0.39, 0.29) is 22.3 Å². The molecule has 3 N–H and O–H groups in total. The van der Waals surface area contributed by atoms with E-state index < -0.39 is 0 Å². The van der Waals surface area contributed by atoms with Crippen LogP contribution in [0.5, 0.6) is 0 Å². The van der Waals surface area contributed by atoms with Crippen LogP contribution in [0.4, 0.5) is 11.5 Å². The Bertz CT molecular complexity index is 626. The standard InChI is InChI=1S/C12H8Cl3N3O/c13-7-2-8(14)4-9(3-7)18-12(19)6-1-10(15)11(16)17-5-6/h1-5H,(H2,16,17)(H,18,19). The summed E-state index contributed by atoms with van der Waals surface area (Å²) in [5.41, 5.74) is 6.24. The first-order valence-corrected chi connectivity index (χ1v) is 6.27. The van der Waals surface area contributed by atoms with Gasteiger partial charge in [-0.25, -0.2) is 4.98 Å². The third-order valence-electron chi connectivity index (χ3n) is 2.25. The van der Waals surface area contributed by atoms with Crippen molar-refractivity contribution in [2.45, 2.75) is 0 Å². The highest BCUT2D eigenvalue weighted by molar-refractivity contribution is 6.35. The molecule has 1 aromatic heterocycles. The van der Waals surface area contributed by atoms with Crippen molar-refractivity contribution < 1.29 is 4.79 Å². The zero-order valence-corrected chi connectivity index (χ0v) is 11.7. The zero-order valence-electron chi connectivity index (χ0n) is 9.45. The van der Waals surface area contributed by atoms with E-state index in [0.717, 1.165) is 0 Å². The summed E-state index contributed by atoms with van der Waals surface area (Å²) >= 11 is 17.5. The van der Waals surface area contributed by atoms with Crippen LogP contribution in [0.3, 0.4) is 0 Å². The number of halogens is 3. The molecule has 2 aromatic rings. The SMILES string of the molecule is Nc1ncc(C(=O)Nc2cc(Cl)cc(Cl)c2)cc1Cl. The lowest BCUT2D eigenvalue weighted by atomic mass is 10.2. The summed E-state index contributed by atoms with van der Waals surface area (Å²) in [4.78, 5) is 15.8. The van der Waals surface area contributed by atoms with Crippen LogP contribution in [0.1, 0.15) is 10.4 Å². The van der Waals surface area contributed by atoms with Crippen molar-refractivity contribution in [3.8, 4) is 0 Å². The number of hydrogen-bond donors (Lipinski definition) is 2. The molecule has 4 nitrogen and oxygen atoms in total. The molecule has 0 saturated heterocycles. The fraction of sp³-hybridized carbons (Fsp3) is 0. The van der Waals surface area contributed by atoms with Gasteiger partial charge in [0.25, 0.3) is 5.91 Å². The Labute approximate surface area is 124 Å². The predicted molar refractivity (Wildman–Crippen MR) is 78.1 cm³/mol. The number of rotatable bonds is 2. The van der Waals surface area contributed by atoms with Crippen molar-refractivity contribution in [1.82, 2.24) is 4.98 Å². The Morgan fingerprint density at radius 2 is 1.74 bits per heavy atom. The molecule has 0 aliphatic rings. The van der Waals surface area contributed by atoms with E-state index in [0.29, 0.717) is 15.7 Å². The summed E-state index contributed by atoms with van der Waals surface area (Å²) in [6, 6.07) is 6.17. The second kappa shape index (κ2) is 5.65. The third kappa shape index (κ3) is 3.50. The maximum atomic E-state index is 12.0. The number of amides is 1. The number of benzene rings is 1. The van der Waals surface area contributed by atoms with E-state index >= 15 is 0 Å². The fourth-order valence-corrected chi connectivity index (χ4v) is 2.09. The molecule has 0 saturated carbocycles. The Hall–Kier alpha value is -1.49. The van der Waals surface area contributed by atoms with Crippen LogP contribution in [-0.2, 0) is 0 Å². The number of anilines is 2. The van der Waals surface area contributed by atoms with Gasteiger partial charge in [-0.3, -0.25) is 4.79 Å². The molecule has 0 spiro atoms. The van der Waals surface area contributed by atoms with Gasteiger partial charge in [0.05, 0.1) is 10.6 Å². The minimum Gasteiger partial charge on any atom is -0.382 e. The average molecular weight is 317 g/mol. The number of hydrogen-bond acceptors (Lipinski definition) is 3. The lowest BCUT2D eigenvalue weighted by Crippen LogP contribution is -2.12. The molecule has 19 heavy (non-hydrogen) atoms. The maximum Gasteiger partial charge on any atom is 0.257 e. The van der Waals surface area contributed by atoms with Crippen molar-refractivity contribution in [2.24, 2.45) is 0 Å². The molecule has 98 valence electrons. The van der Waals surface area contributed by atoms with E-state index in [1.54, 1.807) is 18.2 Å². The summed E-state index contributed by atoms with van der Waals surface area (Å²) in [6.45, 7) is 0. The second-order valence-corrected chi connectivity index (χ2v) is 4.98. The topological polar surface area (TPSA) is 68.0 Å². The fourth-order valence-electron chi connectivity index (χ4n) is 1.40. The van der Waals surface area contributed by atoms with Gasteiger partial charge in [-0.1, -0.05) is 34.8 Å². The summed E-state index contributed by atoms with van der Waals surface area (Å²) in [7, 11) is 0. The van der Waals surface area contributed by atoms with E-state index in [2.05, 4.69) is 10.3 Å². The molecule has 7 heteroatoms. The Kier molecular flexibility index (Phi) is 4.14. The van der Waals surface area contributed by atoms with E-state index in [1.165, 1.54) is 12.3 Å². The smallest absolute Gasteiger partial charge is 0.257 e. The quantitative estimate of drug-likeness (QED) is 0.883. The summed E-state index contributed by atoms with van der Waals surface area (Å²) < 4.78 is 0. The lowest BCUT2D eigenvalue weighted by Gasteiger charge is -2.07. The molecule has 0 bridgehead atoms. The number of nitrogens with one attached hydrogen (secondary N) is 1. The van der Waals surface area contributed by atoms with Gasteiger partial charge in [0.2, 0.25) is 0 Å². The van der Waals surface area contributed by atoms with E-state index in [9.17, 15) is 4.79 Å². The molecule has 1 amide bonds. The summed E-state index contributed by atoms with van der Waals surface area (Å²) in [5.74, 6) is -0.211. The first kappa shape index (κ1) is 13.9. The van der Waals surface area contributed by atoms with Crippen LogP contribution >= 0.6 is 34.8 Å². The van der Waals surface area contributed by atoms with Crippen molar-refractivity contribution in [1.29, 1.82) is 0 Å². The highest BCUT2D eigenvalue weighted by atomic mass is 35.5. The van der Waals surface area contributed by atoms with Gasteiger partial charge in [-0.05, 0) is 24.3 Å². The van der Waals surface area contributed by atoms with Crippen LogP contribution in [0, 0.1) is 0 Å². The number of carbonyl (C=O) groups is 1. The molecule has 1 heterocycles.